The van der Waals surface area contributed by atoms with E-state index in [1.807, 2.05) is 0 Å². The molecule has 0 saturated carbocycles. The van der Waals surface area contributed by atoms with Gasteiger partial charge in [0, 0.05) is 12.1 Å². The molecule has 0 bridgehead atoms. The molecule has 0 unspecified atom stereocenters. The van der Waals surface area contributed by atoms with Crippen LogP contribution in [0.3, 0.4) is 0 Å². The SMILES string of the molecule is CC(C)N(C(=S)S)C(C)C.[CaH2]. The van der Waals surface area contributed by atoms with Gasteiger partial charge in [0.2, 0.25) is 0 Å². The molecule has 0 N–H and O–H groups in total. The van der Waals surface area contributed by atoms with Crippen LogP contribution >= 0.6 is 24.8 Å². The zero-order valence-corrected chi connectivity index (χ0v) is 8.67. The van der Waals surface area contributed by atoms with Crippen LogP contribution in [0.2, 0.25) is 0 Å². The molecule has 0 atom stereocenters. The standard InChI is InChI=1S/C7H15NS2.Ca.2H/c1-5(2)8(6(3)4)7(9)10;;;/h5-6H,1-4H3,(H,9,10);;;. The van der Waals surface area contributed by atoms with E-state index in [1.165, 1.54) is 0 Å². The van der Waals surface area contributed by atoms with Crippen molar-refractivity contribution in [2.75, 3.05) is 0 Å². The molecule has 0 heterocycles. The van der Waals surface area contributed by atoms with Crippen LogP contribution in [-0.2, 0) is 0 Å². The Hall–Kier alpha value is 1.50. The summed E-state index contributed by atoms with van der Waals surface area (Å²) >= 11 is 9.09. The van der Waals surface area contributed by atoms with E-state index < -0.39 is 0 Å². The van der Waals surface area contributed by atoms with Crippen molar-refractivity contribution in [1.82, 2.24) is 4.90 Å². The summed E-state index contributed by atoms with van der Waals surface area (Å²) in [5, 5.41) is 0. The molecule has 0 saturated heterocycles. The number of hydrogen-bond acceptors (Lipinski definition) is 1. The molecule has 0 aliphatic rings. The van der Waals surface area contributed by atoms with Gasteiger partial charge in [0.1, 0.15) is 4.32 Å². The van der Waals surface area contributed by atoms with Crippen molar-refractivity contribution in [1.29, 1.82) is 0 Å². The van der Waals surface area contributed by atoms with Crippen molar-refractivity contribution in [2.24, 2.45) is 0 Å². The second-order valence-corrected chi connectivity index (χ2v) is 3.99. The normalized spacial score (nSPS) is 9.73. The van der Waals surface area contributed by atoms with E-state index in [0.717, 1.165) is 0 Å². The summed E-state index contributed by atoms with van der Waals surface area (Å²) < 4.78 is 0.685. The second-order valence-electron chi connectivity index (χ2n) is 2.88. The average molecular weight is 219 g/mol. The third-order valence-electron chi connectivity index (χ3n) is 1.33. The summed E-state index contributed by atoms with van der Waals surface area (Å²) in [4.78, 5) is 2.10. The van der Waals surface area contributed by atoms with Crippen LogP contribution in [0.5, 0.6) is 0 Å². The summed E-state index contributed by atoms with van der Waals surface area (Å²) in [7, 11) is 0. The number of hydrogen-bond donors (Lipinski definition) is 1. The summed E-state index contributed by atoms with van der Waals surface area (Å²) in [5.41, 5.74) is 0. The van der Waals surface area contributed by atoms with Gasteiger partial charge in [0.05, 0.1) is 0 Å². The molecule has 0 aromatic heterocycles. The molecule has 0 spiro atoms. The van der Waals surface area contributed by atoms with Gasteiger partial charge in [0.25, 0.3) is 0 Å². The van der Waals surface area contributed by atoms with Gasteiger partial charge in [-0.2, -0.15) is 0 Å². The molecular weight excluding hydrogens is 202 g/mol. The molecule has 64 valence electrons. The van der Waals surface area contributed by atoms with Crippen molar-refractivity contribution in [3.05, 3.63) is 0 Å². The third kappa shape index (κ3) is 5.69. The first kappa shape index (κ1) is 15.0. The zero-order valence-electron chi connectivity index (χ0n) is 6.96. The molecule has 0 aromatic rings. The van der Waals surface area contributed by atoms with Gasteiger partial charge < -0.3 is 4.90 Å². The monoisotopic (exact) mass is 219 g/mol. The van der Waals surface area contributed by atoms with Crippen LogP contribution in [-0.4, -0.2) is 59.0 Å². The van der Waals surface area contributed by atoms with Gasteiger partial charge in [-0.3, -0.25) is 0 Å². The molecule has 1 nitrogen and oxygen atoms in total. The van der Waals surface area contributed by atoms with Gasteiger partial charge in [-0.25, -0.2) is 0 Å². The fourth-order valence-corrected chi connectivity index (χ4v) is 1.92. The Morgan fingerprint density at radius 2 is 1.45 bits per heavy atom. The van der Waals surface area contributed by atoms with Crippen molar-refractivity contribution in [3.63, 3.8) is 0 Å². The molecule has 0 aliphatic heterocycles. The molecular formula is C7H17CaNS2. The topological polar surface area (TPSA) is 3.24 Å². The summed E-state index contributed by atoms with van der Waals surface area (Å²) in [6.45, 7) is 8.45. The third-order valence-corrected chi connectivity index (χ3v) is 1.78. The number of nitrogens with zero attached hydrogens (tertiary/aromatic N) is 1. The van der Waals surface area contributed by atoms with Gasteiger partial charge in [-0.15, -0.1) is 12.6 Å². The van der Waals surface area contributed by atoms with E-state index in [-0.39, 0.29) is 37.7 Å². The van der Waals surface area contributed by atoms with Gasteiger partial charge >= 0.3 is 37.7 Å². The van der Waals surface area contributed by atoms with Crippen LogP contribution in [0.25, 0.3) is 0 Å². The van der Waals surface area contributed by atoms with Crippen LogP contribution in [0.1, 0.15) is 27.7 Å². The van der Waals surface area contributed by atoms with Crippen LogP contribution in [0.15, 0.2) is 0 Å². The van der Waals surface area contributed by atoms with Gasteiger partial charge in [-0.1, -0.05) is 12.2 Å². The number of thiocarbonyl (C=S) groups is 1. The maximum absolute atomic E-state index is 4.96. The van der Waals surface area contributed by atoms with Crippen molar-refractivity contribution in [3.8, 4) is 0 Å². The van der Waals surface area contributed by atoms with Gasteiger partial charge in [-0.05, 0) is 27.7 Å². The van der Waals surface area contributed by atoms with Crippen LogP contribution in [0, 0.1) is 0 Å². The first-order valence-electron chi connectivity index (χ1n) is 3.48. The Kier molecular flexibility index (Phi) is 9.48. The molecule has 0 amide bonds. The molecule has 4 heteroatoms. The minimum atomic E-state index is 0. The van der Waals surface area contributed by atoms with E-state index in [2.05, 4.69) is 45.2 Å². The van der Waals surface area contributed by atoms with E-state index in [4.69, 9.17) is 12.2 Å². The van der Waals surface area contributed by atoms with E-state index in [0.29, 0.717) is 16.4 Å². The summed E-state index contributed by atoms with van der Waals surface area (Å²) in [6.07, 6.45) is 0. The van der Waals surface area contributed by atoms with Crippen molar-refractivity contribution >= 4 is 66.9 Å². The second kappa shape index (κ2) is 6.96. The molecule has 11 heavy (non-hydrogen) atoms. The van der Waals surface area contributed by atoms with E-state index >= 15 is 0 Å². The molecule has 0 fully saturated rings. The fraction of sp³-hybridized carbons (Fsp3) is 0.857. The van der Waals surface area contributed by atoms with E-state index in [1.54, 1.807) is 0 Å². The molecule has 0 aromatic carbocycles. The van der Waals surface area contributed by atoms with Crippen LogP contribution in [0.4, 0.5) is 0 Å². The Labute approximate surface area is 110 Å². The van der Waals surface area contributed by atoms with E-state index in [9.17, 15) is 0 Å². The predicted molar refractivity (Wildman–Crippen MR) is 62.2 cm³/mol. The van der Waals surface area contributed by atoms with Crippen molar-refractivity contribution in [2.45, 2.75) is 39.8 Å². The van der Waals surface area contributed by atoms with Crippen LogP contribution < -0.4 is 0 Å². The summed E-state index contributed by atoms with van der Waals surface area (Å²) in [6, 6.07) is 0.898. The fourth-order valence-electron chi connectivity index (χ4n) is 1.04. The Balaban J connectivity index is 0. The quantitative estimate of drug-likeness (QED) is 0.425. The Morgan fingerprint density at radius 1 is 1.18 bits per heavy atom. The minimum absolute atomic E-state index is 0. The average Bonchev–Trinajstić information content (AvgIpc) is 1.59. The Bertz CT molecular complexity index is 118. The number of rotatable bonds is 2. The molecule has 0 radical (unpaired) electrons. The first-order valence-corrected chi connectivity index (χ1v) is 4.33. The molecule has 0 rings (SSSR count). The van der Waals surface area contributed by atoms with Gasteiger partial charge in [0.15, 0.2) is 0 Å². The predicted octanol–water partition coefficient (Wildman–Crippen LogP) is 1.40. The van der Waals surface area contributed by atoms with Crippen molar-refractivity contribution < 1.29 is 0 Å². The Morgan fingerprint density at radius 3 is 1.45 bits per heavy atom. The maximum atomic E-state index is 4.96. The molecule has 0 aliphatic carbocycles. The zero-order chi connectivity index (χ0) is 8.31. The first-order chi connectivity index (χ1) is 4.46. The summed E-state index contributed by atoms with van der Waals surface area (Å²) in [5.74, 6) is 0. The number of thiol groups is 1.